The van der Waals surface area contributed by atoms with Gasteiger partial charge in [0.05, 0.1) is 6.54 Å². The van der Waals surface area contributed by atoms with Crippen LogP contribution in [0.15, 0.2) is 33.7 Å². The predicted octanol–water partition coefficient (Wildman–Crippen LogP) is 4.35. The molecule has 1 fully saturated rings. The summed E-state index contributed by atoms with van der Waals surface area (Å²) in [4.78, 5) is 8.16. The highest BCUT2D eigenvalue weighted by atomic mass is 127. The fraction of sp³-hybridized carbons (Fsp3) is 0.611. The van der Waals surface area contributed by atoms with E-state index in [0.717, 1.165) is 23.4 Å². The number of alkyl halides is 3. The van der Waals surface area contributed by atoms with Crippen LogP contribution in [0.2, 0.25) is 0 Å². The molecule has 1 aliphatic heterocycles. The highest BCUT2D eigenvalue weighted by Gasteiger charge is 2.34. The van der Waals surface area contributed by atoms with Gasteiger partial charge in [0.1, 0.15) is 0 Å². The monoisotopic (exact) mass is 562 g/mol. The second-order valence-electron chi connectivity index (χ2n) is 6.68. The SMILES string of the molecule is CCNC(=NCC1CCN(CC(F)(F)F)C1)N(C)Cc1ccc(Br)cc1.I. The van der Waals surface area contributed by atoms with Crippen molar-refractivity contribution in [3.63, 3.8) is 0 Å². The van der Waals surface area contributed by atoms with E-state index < -0.39 is 12.7 Å². The lowest BCUT2D eigenvalue weighted by Gasteiger charge is -2.23. The van der Waals surface area contributed by atoms with Gasteiger partial charge in [0.2, 0.25) is 0 Å². The number of nitrogens with zero attached hydrogens (tertiary/aromatic N) is 3. The first-order chi connectivity index (χ1) is 12.3. The number of rotatable bonds is 6. The van der Waals surface area contributed by atoms with Gasteiger partial charge < -0.3 is 10.2 Å². The van der Waals surface area contributed by atoms with Crippen LogP contribution in [0.1, 0.15) is 18.9 Å². The molecule has 0 aliphatic carbocycles. The van der Waals surface area contributed by atoms with E-state index in [4.69, 9.17) is 0 Å². The number of nitrogens with one attached hydrogen (secondary N) is 1. The van der Waals surface area contributed by atoms with Crippen molar-refractivity contribution in [3.05, 3.63) is 34.3 Å². The first kappa shape index (κ1) is 24.5. The van der Waals surface area contributed by atoms with Crippen LogP contribution in [-0.2, 0) is 6.54 Å². The normalized spacial score (nSPS) is 18.3. The van der Waals surface area contributed by atoms with E-state index in [1.165, 1.54) is 10.5 Å². The number of benzene rings is 1. The van der Waals surface area contributed by atoms with Gasteiger partial charge in [-0.2, -0.15) is 13.2 Å². The quantitative estimate of drug-likeness (QED) is 0.318. The van der Waals surface area contributed by atoms with Crippen LogP contribution in [0.5, 0.6) is 0 Å². The average Bonchev–Trinajstić information content (AvgIpc) is 2.99. The minimum Gasteiger partial charge on any atom is -0.357 e. The Morgan fingerprint density at radius 2 is 2.00 bits per heavy atom. The molecule has 0 radical (unpaired) electrons. The summed E-state index contributed by atoms with van der Waals surface area (Å²) in [7, 11) is 1.97. The molecule has 2 rings (SSSR count). The summed E-state index contributed by atoms with van der Waals surface area (Å²) >= 11 is 3.43. The zero-order chi connectivity index (χ0) is 19.2. The van der Waals surface area contributed by atoms with Crippen molar-refractivity contribution in [3.8, 4) is 0 Å². The molecule has 1 aliphatic rings. The number of hydrogen-bond donors (Lipinski definition) is 1. The van der Waals surface area contributed by atoms with Gasteiger partial charge in [-0.05, 0) is 43.5 Å². The van der Waals surface area contributed by atoms with Gasteiger partial charge >= 0.3 is 6.18 Å². The summed E-state index contributed by atoms with van der Waals surface area (Å²) in [6.45, 7) is 4.13. The summed E-state index contributed by atoms with van der Waals surface area (Å²) in [6, 6.07) is 8.11. The fourth-order valence-corrected chi connectivity index (χ4v) is 3.35. The minimum atomic E-state index is -4.13. The van der Waals surface area contributed by atoms with Crippen molar-refractivity contribution in [2.75, 3.05) is 39.8 Å². The van der Waals surface area contributed by atoms with Crippen molar-refractivity contribution >= 4 is 45.9 Å². The molecule has 1 saturated heterocycles. The third-order valence-corrected chi connectivity index (χ3v) is 4.83. The molecule has 1 heterocycles. The molecule has 1 aromatic rings. The lowest BCUT2D eigenvalue weighted by Crippen LogP contribution is -2.39. The van der Waals surface area contributed by atoms with Crippen molar-refractivity contribution in [2.24, 2.45) is 10.9 Å². The molecular weight excluding hydrogens is 536 g/mol. The Morgan fingerprint density at radius 1 is 1.33 bits per heavy atom. The van der Waals surface area contributed by atoms with Crippen LogP contribution in [0, 0.1) is 5.92 Å². The first-order valence-electron chi connectivity index (χ1n) is 8.80. The molecule has 27 heavy (non-hydrogen) atoms. The van der Waals surface area contributed by atoms with E-state index >= 15 is 0 Å². The number of hydrogen-bond acceptors (Lipinski definition) is 2. The van der Waals surface area contributed by atoms with Crippen LogP contribution in [0.4, 0.5) is 13.2 Å². The topological polar surface area (TPSA) is 30.9 Å². The van der Waals surface area contributed by atoms with E-state index in [1.54, 1.807) is 0 Å². The van der Waals surface area contributed by atoms with E-state index in [-0.39, 0.29) is 29.9 Å². The Hall–Kier alpha value is -0.550. The first-order valence-corrected chi connectivity index (χ1v) is 9.59. The van der Waals surface area contributed by atoms with Gasteiger partial charge in [0, 0.05) is 37.7 Å². The predicted molar refractivity (Wildman–Crippen MR) is 118 cm³/mol. The summed E-state index contributed by atoms with van der Waals surface area (Å²) in [6.07, 6.45) is -3.37. The summed E-state index contributed by atoms with van der Waals surface area (Å²) in [5, 5.41) is 3.26. The fourth-order valence-electron chi connectivity index (χ4n) is 3.08. The maximum Gasteiger partial charge on any atom is 0.401 e. The molecule has 4 nitrogen and oxygen atoms in total. The van der Waals surface area contributed by atoms with Gasteiger partial charge in [-0.1, -0.05) is 28.1 Å². The molecule has 154 valence electrons. The van der Waals surface area contributed by atoms with Crippen LogP contribution < -0.4 is 5.32 Å². The van der Waals surface area contributed by atoms with Gasteiger partial charge in [-0.15, -0.1) is 24.0 Å². The Labute approximate surface area is 184 Å². The van der Waals surface area contributed by atoms with Crippen LogP contribution in [-0.4, -0.2) is 61.7 Å². The molecule has 1 N–H and O–H groups in total. The Kier molecular flexibility index (Phi) is 10.4. The van der Waals surface area contributed by atoms with Crippen LogP contribution in [0.25, 0.3) is 0 Å². The van der Waals surface area contributed by atoms with Gasteiger partial charge in [0.15, 0.2) is 5.96 Å². The van der Waals surface area contributed by atoms with Crippen LogP contribution in [0.3, 0.4) is 0 Å². The largest absolute Gasteiger partial charge is 0.401 e. The Bertz CT molecular complexity index is 595. The maximum absolute atomic E-state index is 12.5. The number of guanidine groups is 1. The zero-order valence-corrected chi connectivity index (χ0v) is 19.5. The lowest BCUT2D eigenvalue weighted by atomic mass is 10.1. The Morgan fingerprint density at radius 3 is 2.59 bits per heavy atom. The highest BCUT2D eigenvalue weighted by molar-refractivity contribution is 14.0. The van der Waals surface area contributed by atoms with Crippen molar-refractivity contribution < 1.29 is 13.2 Å². The minimum absolute atomic E-state index is 0. The van der Waals surface area contributed by atoms with E-state index in [2.05, 4.69) is 38.4 Å². The van der Waals surface area contributed by atoms with Crippen molar-refractivity contribution in [1.82, 2.24) is 15.1 Å². The van der Waals surface area contributed by atoms with E-state index in [9.17, 15) is 13.2 Å². The average molecular weight is 563 g/mol. The van der Waals surface area contributed by atoms with Gasteiger partial charge in [0.25, 0.3) is 0 Å². The second kappa shape index (κ2) is 11.5. The molecule has 1 unspecified atom stereocenters. The molecule has 1 aromatic carbocycles. The molecule has 0 amide bonds. The van der Waals surface area contributed by atoms with Gasteiger partial charge in [-0.25, -0.2) is 0 Å². The number of halogens is 5. The van der Waals surface area contributed by atoms with E-state index in [1.807, 2.05) is 31.0 Å². The molecule has 0 saturated carbocycles. The lowest BCUT2D eigenvalue weighted by molar-refractivity contribution is -0.143. The Balaban J connectivity index is 0.00000364. The molecule has 0 bridgehead atoms. The van der Waals surface area contributed by atoms with E-state index in [0.29, 0.717) is 26.2 Å². The maximum atomic E-state index is 12.5. The number of likely N-dealkylation sites (tertiary alicyclic amines) is 1. The molecule has 0 aromatic heterocycles. The summed E-state index contributed by atoms with van der Waals surface area (Å²) < 4.78 is 38.5. The molecular formula is C18H27BrF3IN4. The van der Waals surface area contributed by atoms with Crippen LogP contribution >= 0.6 is 39.9 Å². The smallest absolute Gasteiger partial charge is 0.357 e. The summed E-state index contributed by atoms with van der Waals surface area (Å²) in [5.74, 6) is 0.955. The third kappa shape index (κ3) is 8.99. The van der Waals surface area contributed by atoms with Crippen molar-refractivity contribution in [1.29, 1.82) is 0 Å². The number of aliphatic imine (C=N–C) groups is 1. The molecule has 1 atom stereocenters. The summed E-state index contributed by atoms with van der Waals surface area (Å²) in [5.41, 5.74) is 1.17. The molecule has 0 spiro atoms. The second-order valence-corrected chi connectivity index (χ2v) is 7.60. The molecule has 9 heteroatoms. The van der Waals surface area contributed by atoms with Crippen molar-refractivity contribution in [2.45, 2.75) is 26.1 Å². The third-order valence-electron chi connectivity index (χ3n) is 4.30. The van der Waals surface area contributed by atoms with Gasteiger partial charge in [-0.3, -0.25) is 9.89 Å². The highest BCUT2D eigenvalue weighted by Crippen LogP contribution is 2.23. The zero-order valence-electron chi connectivity index (χ0n) is 15.6. The standard InChI is InChI=1S/C18H26BrF3N4.HI/c1-3-23-17(25(2)11-14-4-6-16(19)7-5-14)24-10-15-8-9-26(12-15)13-18(20,21)22;/h4-7,15H,3,8-13H2,1-2H3,(H,23,24);1H.